The number of allylic oxidation sites excluding steroid dienone is 3. The van der Waals surface area contributed by atoms with Crippen LogP contribution < -0.4 is 11.1 Å². The van der Waals surface area contributed by atoms with Gasteiger partial charge in [0.2, 0.25) is 0 Å². The highest BCUT2D eigenvalue weighted by Gasteiger charge is 2.22. The van der Waals surface area contributed by atoms with Gasteiger partial charge in [-0.2, -0.15) is 0 Å². The van der Waals surface area contributed by atoms with Crippen molar-refractivity contribution in [1.82, 2.24) is 5.32 Å². The first-order chi connectivity index (χ1) is 4.38. The van der Waals surface area contributed by atoms with Gasteiger partial charge in [-0.15, -0.1) is 0 Å². The fourth-order valence-corrected chi connectivity index (χ4v) is 1.04. The van der Waals surface area contributed by atoms with E-state index in [-0.39, 0.29) is 0 Å². The molecule has 0 radical (unpaired) electrons. The first-order valence-electron chi connectivity index (χ1n) is 2.99. The van der Waals surface area contributed by atoms with E-state index in [0.717, 1.165) is 11.4 Å². The van der Waals surface area contributed by atoms with Gasteiger partial charge in [-0.3, -0.25) is 0 Å². The van der Waals surface area contributed by atoms with E-state index in [2.05, 4.69) is 5.32 Å². The quantitative estimate of drug-likeness (QED) is 0.481. The van der Waals surface area contributed by atoms with Gasteiger partial charge in [0.1, 0.15) is 0 Å². The molecule has 1 atom stereocenters. The Morgan fingerprint density at radius 2 is 2.33 bits per heavy atom. The van der Waals surface area contributed by atoms with Crippen LogP contribution in [0.4, 0.5) is 0 Å². The van der Waals surface area contributed by atoms with Crippen LogP contribution in [0.15, 0.2) is 35.7 Å². The lowest BCUT2D eigenvalue weighted by Crippen LogP contribution is -2.43. The molecule has 2 heteroatoms. The number of nitrogens with two attached hydrogens (primary N) is 1. The van der Waals surface area contributed by atoms with E-state index in [0.29, 0.717) is 6.04 Å². The monoisotopic (exact) mass is 120 g/mol. The number of fused-ring (bicyclic) bond motifs is 1. The predicted octanol–water partition coefficient (Wildman–Crippen LogP) is 0.255. The van der Waals surface area contributed by atoms with Gasteiger partial charge in [0.05, 0.1) is 17.4 Å². The molecular weight excluding hydrogens is 112 g/mol. The second-order valence-corrected chi connectivity index (χ2v) is 2.24. The van der Waals surface area contributed by atoms with Crippen LogP contribution in [0, 0.1) is 0 Å². The molecule has 46 valence electrons. The van der Waals surface area contributed by atoms with Crippen LogP contribution in [0.25, 0.3) is 0 Å². The second-order valence-electron chi connectivity index (χ2n) is 2.24. The zero-order valence-corrected chi connectivity index (χ0v) is 4.96. The molecule has 0 aromatic heterocycles. The summed E-state index contributed by atoms with van der Waals surface area (Å²) < 4.78 is 0. The lowest BCUT2D eigenvalue weighted by atomic mass is 10.1. The van der Waals surface area contributed by atoms with Crippen molar-refractivity contribution in [3.63, 3.8) is 0 Å². The molecule has 0 saturated heterocycles. The van der Waals surface area contributed by atoms with Crippen LogP contribution >= 0.6 is 0 Å². The molecule has 1 unspecified atom stereocenters. The van der Waals surface area contributed by atoms with Crippen molar-refractivity contribution < 1.29 is 0 Å². The maximum atomic E-state index is 5.64. The van der Waals surface area contributed by atoms with Gasteiger partial charge in [0, 0.05) is 0 Å². The van der Waals surface area contributed by atoms with Crippen LogP contribution in [-0.4, -0.2) is 6.04 Å². The molecule has 2 nitrogen and oxygen atoms in total. The predicted molar refractivity (Wildman–Crippen MR) is 36.4 cm³/mol. The third-order valence-electron chi connectivity index (χ3n) is 1.63. The van der Waals surface area contributed by atoms with Gasteiger partial charge in [0.25, 0.3) is 0 Å². The van der Waals surface area contributed by atoms with Crippen LogP contribution in [-0.2, 0) is 0 Å². The summed E-state index contributed by atoms with van der Waals surface area (Å²) >= 11 is 0. The van der Waals surface area contributed by atoms with Crippen LogP contribution in [0.3, 0.4) is 0 Å². The third-order valence-corrected chi connectivity index (χ3v) is 1.63. The Hall–Kier alpha value is -1.18. The van der Waals surface area contributed by atoms with Crippen molar-refractivity contribution in [2.75, 3.05) is 0 Å². The Bertz CT molecular complexity index is 223. The number of rotatable bonds is 0. The minimum Gasteiger partial charge on any atom is -0.398 e. The third kappa shape index (κ3) is 0.499. The first kappa shape index (κ1) is 4.68. The molecule has 3 N–H and O–H groups in total. The SMILES string of the molecule is NC1=C2C=CC=CC1N2. The summed E-state index contributed by atoms with van der Waals surface area (Å²) in [5.41, 5.74) is 7.68. The van der Waals surface area contributed by atoms with Crippen molar-refractivity contribution in [3.8, 4) is 0 Å². The van der Waals surface area contributed by atoms with Crippen molar-refractivity contribution in [2.45, 2.75) is 6.04 Å². The maximum Gasteiger partial charge on any atom is 0.0866 e. The summed E-state index contributed by atoms with van der Waals surface area (Å²) in [4.78, 5) is 0. The van der Waals surface area contributed by atoms with Crippen LogP contribution in [0.1, 0.15) is 0 Å². The van der Waals surface area contributed by atoms with Gasteiger partial charge in [0.15, 0.2) is 0 Å². The van der Waals surface area contributed by atoms with E-state index in [1.165, 1.54) is 0 Å². The zero-order valence-electron chi connectivity index (χ0n) is 4.96. The van der Waals surface area contributed by atoms with Crippen molar-refractivity contribution >= 4 is 0 Å². The van der Waals surface area contributed by atoms with Crippen molar-refractivity contribution in [3.05, 3.63) is 35.7 Å². The Labute approximate surface area is 53.7 Å². The molecule has 0 saturated carbocycles. The number of hydrogen-bond acceptors (Lipinski definition) is 2. The number of hydrogen-bond donors (Lipinski definition) is 2. The van der Waals surface area contributed by atoms with E-state index >= 15 is 0 Å². The summed E-state index contributed by atoms with van der Waals surface area (Å²) in [5, 5.41) is 3.17. The lowest BCUT2D eigenvalue weighted by Gasteiger charge is -2.28. The maximum absolute atomic E-state index is 5.64. The molecule has 1 aliphatic carbocycles. The molecule has 3 rings (SSSR count). The summed E-state index contributed by atoms with van der Waals surface area (Å²) in [6, 6.07) is 0.301. The van der Waals surface area contributed by atoms with E-state index < -0.39 is 0 Å². The molecule has 0 aromatic carbocycles. The molecule has 0 amide bonds. The van der Waals surface area contributed by atoms with Gasteiger partial charge >= 0.3 is 0 Å². The molecule has 2 aliphatic heterocycles. The Morgan fingerprint density at radius 1 is 1.44 bits per heavy atom. The highest BCUT2D eigenvalue weighted by atomic mass is 15.0. The second kappa shape index (κ2) is 1.41. The fraction of sp³-hybridized carbons (Fsp3) is 0.143. The lowest BCUT2D eigenvalue weighted by molar-refractivity contribution is 0.660. The molecule has 2 bridgehead atoms. The molecule has 9 heavy (non-hydrogen) atoms. The molecule has 3 aliphatic rings. The molecule has 2 heterocycles. The van der Waals surface area contributed by atoms with Gasteiger partial charge in [-0.25, -0.2) is 0 Å². The Kier molecular flexibility index (Phi) is 0.730. The molecule has 0 aromatic rings. The smallest absolute Gasteiger partial charge is 0.0866 e. The standard InChI is InChI=1S/C7H8N2/c8-7-5-3-1-2-4-6(7)9-5/h1-5,9H,8H2. The van der Waals surface area contributed by atoms with Gasteiger partial charge in [-0.1, -0.05) is 18.2 Å². The van der Waals surface area contributed by atoms with E-state index in [4.69, 9.17) is 5.73 Å². The van der Waals surface area contributed by atoms with Gasteiger partial charge in [-0.05, 0) is 6.08 Å². The summed E-state index contributed by atoms with van der Waals surface area (Å²) in [6.45, 7) is 0. The summed E-state index contributed by atoms with van der Waals surface area (Å²) in [7, 11) is 0. The van der Waals surface area contributed by atoms with E-state index in [1.807, 2.05) is 24.3 Å². The Morgan fingerprint density at radius 3 is 3.11 bits per heavy atom. The fourth-order valence-electron chi connectivity index (χ4n) is 1.04. The largest absolute Gasteiger partial charge is 0.398 e. The highest BCUT2D eigenvalue weighted by molar-refractivity contribution is 5.43. The van der Waals surface area contributed by atoms with Crippen molar-refractivity contribution in [2.24, 2.45) is 5.73 Å². The first-order valence-corrected chi connectivity index (χ1v) is 2.99. The van der Waals surface area contributed by atoms with Crippen LogP contribution in [0.2, 0.25) is 0 Å². The van der Waals surface area contributed by atoms with Crippen LogP contribution in [0.5, 0.6) is 0 Å². The summed E-state index contributed by atoms with van der Waals surface area (Å²) in [6.07, 6.45) is 8.02. The minimum absolute atomic E-state index is 0.301. The average Bonchev–Trinajstić information content (AvgIpc) is 2.17. The Balaban J connectivity index is 2.44. The van der Waals surface area contributed by atoms with E-state index in [1.54, 1.807) is 0 Å². The topological polar surface area (TPSA) is 38.0 Å². The summed E-state index contributed by atoms with van der Waals surface area (Å²) in [5.74, 6) is 0. The average molecular weight is 120 g/mol. The molecule has 0 spiro atoms. The highest BCUT2D eigenvalue weighted by Crippen LogP contribution is 2.18. The number of nitrogens with one attached hydrogen (secondary N) is 1. The van der Waals surface area contributed by atoms with Gasteiger partial charge < -0.3 is 11.1 Å². The molecule has 0 fully saturated rings. The normalized spacial score (nSPS) is 29.1. The minimum atomic E-state index is 0.301. The molecular formula is C7H8N2. The van der Waals surface area contributed by atoms with E-state index in [9.17, 15) is 0 Å². The van der Waals surface area contributed by atoms with Crippen molar-refractivity contribution in [1.29, 1.82) is 0 Å². The zero-order chi connectivity index (χ0) is 6.27.